The lowest BCUT2D eigenvalue weighted by Gasteiger charge is -2.22. The van der Waals surface area contributed by atoms with E-state index in [1.54, 1.807) is 0 Å². The summed E-state index contributed by atoms with van der Waals surface area (Å²) in [6.45, 7) is 4.07. The topological polar surface area (TPSA) is 12.0 Å². The van der Waals surface area contributed by atoms with Gasteiger partial charge in [0.1, 0.15) is 11.6 Å². The standard InChI is InChI=1S/C14H19F2N/c1-3-14(10-4-5-10)17-9(2)12-7-6-11(15)8-13(12)16/h6-10,14,17H,3-5H2,1-2H3. The summed E-state index contributed by atoms with van der Waals surface area (Å²) < 4.78 is 26.4. The van der Waals surface area contributed by atoms with Crippen LogP contribution >= 0.6 is 0 Å². The van der Waals surface area contributed by atoms with Crippen molar-refractivity contribution in [2.45, 2.75) is 45.2 Å². The van der Waals surface area contributed by atoms with E-state index in [-0.39, 0.29) is 6.04 Å². The van der Waals surface area contributed by atoms with Crippen LogP contribution in [0.15, 0.2) is 18.2 Å². The van der Waals surface area contributed by atoms with Crippen LogP contribution in [0, 0.1) is 17.6 Å². The summed E-state index contributed by atoms with van der Waals surface area (Å²) in [5.74, 6) is -0.241. The molecule has 94 valence electrons. The van der Waals surface area contributed by atoms with E-state index in [0.29, 0.717) is 11.6 Å². The molecule has 0 aliphatic heterocycles. The van der Waals surface area contributed by atoms with Crippen molar-refractivity contribution in [3.05, 3.63) is 35.4 Å². The van der Waals surface area contributed by atoms with Gasteiger partial charge in [-0.3, -0.25) is 0 Å². The van der Waals surface area contributed by atoms with Gasteiger partial charge in [0.05, 0.1) is 0 Å². The van der Waals surface area contributed by atoms with Gasteiger partial charge in [-0.05, 0) is 38.2 Å². The molecule has 0 aromatic heterocycles. The molecule has 2 unspecified atom stereocenters. The van der Waals surface area contributed by atoms with Gasteiger partial charge in [-0.2, -0.15) is 0 Å². The molecule has 0 heterocycles. The van der Waals surface area contributed by atoms with Gasteiger partial charge in [-0.25, -0.2) is 8.78 Å². The highest BCUT2D eigenvalue weighted by Crippen LogP contribution is 2.35. The molecule has 0 bridgehead atoms. The second kappa shape index (κ2) is 5.13. The van der Waals surface area contributed by atoms with Crippen LogP contribution in [0.25, 0.3) is 0 Å². The van der Waals surface area contributed by atoms with Crippen molar-refractivity contribution in [3.8, 4) is 0 Å². The molecule has 0 spiro atoms. The molecular formula is C14H19F2N. The molecule has 1 aliphatic carbocycles. The predicted molar refractivity (Wildman–Crippen MR) is 64.7 cm³/mol. The van der Waals surface area contributed by atoms with E-state index in [0.717, 1.165) is 18.4 Å². The largest absolute Gasteiger partial charge is 0.307 e. The number of hydrogen-bond acceptors (Lipinski definition) is 1. The molecule has 1 fully saturated rings. The first-order chi connectivity index (χ1) is 8.11. The van der Waals surface area contributed by atoms with Gasteiger partial charge in [0.2, 0.25) is 0 Å². The van der Waals surface area contributed by atoms with Crippen LogP contribution in [0.2, 0.25) is 0 Å². The van der Waals surface area contributed by atoms with Crippen molar-refractivity contribution in [3.63, 3.8) is 0 Å². The maximum absolute atomic E-state index is 13.6. The quantitative estimate of drug-likeness (QED) is 0.824. The summed E-state index contributed by atoms with van der Waals surface area (Å²) in [6.07, 6.45) is 3.59. The van der Waals surface area contributed by atoms with Crippen LogP contribution in [0.1, 0.15) is 44.7 Å². The zero-order valence-electron chi connectivity index (χ0n) is 10.3. The Bertz CT molecular complexity index is 388. The van der Waals surface area contributed by atoms with Gasteiger partial charge in [0.15, 0.2) is 0 Å². The highest BCUT2D eigenvalue weighted by molar-refractivity contribution is 5.21. The molecule has 0 radical (unpaired) electrons. The molecule has 1 N–H and O–H groups in total. The summed E-state index contributed by atoms with van der Waals surface area (Å²) in [5, 5.41) is 3.44. The molecule has 1 saturated carbocycles. The van der Waals surface area contributed by atoms with Gasteiger partial charge < -0.3 is 5.32 Å². The second-order valence-electron chi connectivity index (χ2n) is 4.91. The van der Waals surface area contributed by atoms with Crippen molar-refractivity contribution in [2.75, 3.05) is 0 Å². The maximum Gasteiger partial charge on any atom is 0.130 e. The first-order valence-corrected chi connectivity index (χ1v) is 6.32. The predicted octanol–water partition coefficient (Wildman–Crippen LogP) is 3.80. The molecule has 17 heavy (non-hydrogen) atoms. The van der Waals surface area contributed by atoms with E-state index >= 15 is 0 Å². The minimum atomic E-state index is -0.521. The smallest absolute Gasteiger partial charge is 0.130 e. The Balaban J connectivity index is 2.05. The Hall–Kier alpha value is -0.960. The van der Waals surface area contributed by atoms with Crippen molar-refractivity contribution >= 4 is 0 Å². The lowest BCUT2D eigenvalue weighted by atomic mass is 10.0. The number of rotatable bonds is 5. The summed E-state index contributed by atoms with van der Waals surface area (Å²) in [5.41, 5.74) is 0.547. The summed E-state index contributed by atoms with van der Waals surface area (Å²) in [7, 11) is 0. The zero-order valence-corrected chi connectivity index (χ0v) is 10.3. The van der Waals surface area contributed by atoms with E-state index in [9.17, 15) is 8.78 Å². The van der Waals surface area contributed by atoms with E-state index in [2.05, 4.69) is 12.2 Å². The van der Waals surface area contributed by atoms with Crippen LogP contribution in [0.5, 0.6) is 0 Å². The van der Waals surface area contributed by atoms with Crippen LogP contribution in [-0.4, -0.2) is 6.04 Å². The van der Waals surface area contributed by atoms with Crippen LogP contribution in [0.3, 0.4) is 0 Å². The first kappa shape index (κ1) is 12.5. The Morgan fingerprint density at radius 2 is 2.06 bits per heavy atom. The van der Waals surface area contributed by atoms with Gasteiger partial charge in [-0.15, -0.1) is 0 Å². The number of halogens is 2. The average molecular weight is 239 g/mol. The second-order valence-corrected chi connectivity index (χ2v) is 4.91. The van der Waals surface area contributed by atoms with Crippen molar-refractivity contribution in [2.24, 2.45) is 5.92 Å². The Morgan fingerprint density at radius 3 is 2.59 bits per heavy atom. The molecule has 3 heteroatoms. The molecule has 0 saturated heterocycles. The van der Waals surface area contributed by atoms with Gasteiger partial charge >= 0.3 is 0 Å². The van der Waals surface area contributed by atoms with Crippen LogP contribution in [-0.2, 0) is 0 Å². The number of benzene rings is 1. The highest BCUT2D eigenvalue weighted by atomic mass is 19.1. The fourth-order valence-electron chi connectivity index (χ4n) is 2.35. The van der Waals surface area contributed by atoms with E-state index in [4.69, 9.17) is 0 Å². The molecule has 1 aromatic carbocycles. The Kier molecular flexibility index (Phi) is 3.77. The lowest BCUT2D eigenvalue weighted by molar-refractivity contribution is 0.396. The number of nitrogens with one attached hydrogen (secondary N) is 1. The maximum atomic E-state index is 13.6. The van der Waals surface area contributed by atoms with Gasteiger partial charge in [-0.1, -0.05) is 13.0 Å². The lowest BCUT2D eigenvalue weighted by Crippen LogP contribution is -2.33. The minimum Gasteiger partial charge on any atom is -0.307 e. The summed E-state index contributed by atoms with van der Waals surface area (Å²) in [6, 6.07) is 4.18. The van der Waals surface area contributed by atoms with Crippen LogP contribution < -0.4 is 5.32 Å². The third kappa shape index (κ3) is 3.03. The molecule has 2 atom stereocenters. The molecular weight excluding hydrogens is 220 g/mol. The van der Waals surface area contributed by atoms with Crippen LogP contribution in [0.4, 0.5) is 8.78 Å². The van der Waals surface area contributed by atoms with Gasteiger partial charge in [0, 0.05) is 23.7 Å². The number of hydrogen-bond donors (Lipinski definition) is 1. The average Bonchev–Trinajstić information content (AvgIpc) is 3.09. The van der Waals surface area contributed by atoms with E-state index in [1.165, 1.54) is 25.0 Å². The van der Waals surface area contributed by atoms with Crippen molar-refractivity contribution in [1.82, 2.24) is 5.32 Å². The normalized spacial score (nSPS) is 19.1. The Labute approximate surface area is 101 Å². The molecule has 0 amide bonds. The Morgan fingerprint density at radius 1 is 1.35 bits per heavy atom. The first-order valence-electron chi connectivity index (χ1n) is 6.32. The summed E-state index contributed by atoms with van der Waals surface area (Å²) in [4.78, 5) is 0. The SMILES string of the molecule is CCC(NC(C)c1ccc(F)cc1F)C1CC1. The third-order valence-corrected chi connectivity index (χ3v) is 3.52. The molecule has 2 rings (SSSR count). The van der Waals surface area contributed by atoms with Gasteiger partial charge in [0.25, 0.3) is 0 Å². The van der Waals surface area contributed by atoms with Crippen molar-refractivity contribution in [1.29, 1.82) is 0 Å². The minimum absolute atomic E-state index is 0.0684. The fraction of sp³-hybridized carbons (Fsp3) is 0.571. The zero-order chi connectivity index (χ0) is 12.4. The third-order valence-electron chi connectivity index (χ3n) is 3.52. The molecule has 1 nitrogen and oxygen atoms in total. The van der Waals surface area contributed by atoms with E-state index < -0.39 is 11.6 Å². The highest BCUT2D eigenvalue weighted by Gasteiger charge is 2.31. The van der Waals surface area contributed by atoms with Crippen molar-refractivity contribution < 1.29 is 8.78 Å². The molecule has 1 aliphatic rings. The van der Waals surface area contributed by atoms with E-state index in [1.807, 2.05) is 6.92 Å². The summed E-state index contributed by atoms with van der Waals surface area (Å²) >= 11 is 0. The molecule has 1 aromatic rings. The fourth-order valence-corrected chi connectivity index (χ4v) is 2.35. The monoisotopic (exact) mass is 239 g/mol.